The Kier molecular flexibility index (Phi) is 4.78. The van der Waals surface area contributed by atoms with Gasteiger partial charge in [-0.2, -0.15) is 0 Å². The molecule has 0 radical (unpaired) electrons. The lowest BCUT2D eigenvalue weighted by Gasteiger charge is -2.42. The summed E-state index contributed by atoms with van der Waals surface area (Å²) in [5, 5.41) is 0. The van der Waals surface area contributed by atoms with E-state index in [0.717, 1.165) is 63.7 Å². The Hall–Kier alpha value is -1.46. The topological polar surface area (TPSA) is 45.7 Å². The van der Waals surface area contributed by atoms with Crippen molar-refractivity contribution in [2.45, 2.75) is 25.7 Å². The number of carbonyl (C=O) groups excluding carboxylic acids is 1. The minimum Gasteiger partial charge on any atom is -0.381 e. The van der Waals surface area contributed by atoms with E-state index in [-0.39, 0.29) is 5.91 Å². The maximum atomic E-state index is 12.7. The molecule has 3 heterocycles. The summed E-state index contributed by atoms with van der Waals surface area (Å²) in [6, 6.07) is 3.62. The lowest BCUT2D eigenvalue weighted by molar-refractivity contribution is 0.0180. The molecule has 136 valence electrons. The van der Waals surface area contributed by atoms with Gasteiger partial charge in [-0.05, 0) is 56.2 Å². The molecule has 0 unspecified atom stereocenters. The van der Waals surface area contributed by atoms with Gasteiger partial charge in [-0.1, -0.05) is 0 Å². The molecule has 1 aromatic heterocycles. The van der Waals surface area contributed by atoms with Gasteiger partial charge < -0.3 is 14.5 Å². The van der Waals surface area contributed by atoms with Crippen LogP contribution in [-0.4, -0.2) is 67.1 Å². The first-order valence-corrected chi connectivity index (χ1v) is 9.62. The summed E-state index contributed by atoms with van der Waals surface area (Å²) in [4.78, 5) is 21.1. The van der Waals surface area contributed by atoms with Crippen LogP contribution in [-0.2, 0) is 4.74 Å². The van der Waals surface area contributed by atoms with E-state index < -0.39 is 0 Å². The van der Waals surface area contributed by atoms with Crippen LogP contribution in [0.15, 0.2) is 24.5 Å². The standard InChI is InChI=1S/C20H29N3O2/c1-22-12-18(14-25-13-16-2-3-16)20(15-22)6-10-23(11-7-20)19(24)17-4-8-21-9-5-17/h4-5,8-9,16,18H,2-3,6-7,10-15H2,1H3/t18-/m1/s1. The maximum absolute atomic E-state index is 12.7. The first-order valence-electron chi connectivity index (χ1n) is 9.62. The lowest BCUT2D eigenvalue weighted by Crippen LogP contribution is -2.47. The molecule has 25 heavy (non-hydrogen) atoms. The second-order valence-electron chi connectivity index (χ2n) is 8.26. The monoisotopic (exact) mass is 343 g/mol. The summed E-state index contributed by atoms with van der Waals surface area (Å²) in [5.41, 5.74) is 1.08. The first kappa shape index (κ1) is 17.0. The van der Waals surface area contributed by atoms with Gasteiger partial charge in [0.2, 0.25) is 0 Å². The van der Waals surface area contributed by atoms with Crippen molar-refractivity contribution >= 4 is 5.91 Å². The van der Waals surface area contributed by atoms with E-state index in [1.165, 1.54) is 12.8 Å². The maximum Gasteiger partial charge on any atom is 0.253 e. The van der Waals surface area contributed by atoms with E-state index >= 15 is 0 Å². The summed E-state index contributed by atoms with van der Waals surface area (Å²) < 4.78 is 6.05. The minimum absolute atomic E-state index is 0.144. The molecule has 1 saturated carbocycles. The number of hydrogen-bond acceptors (Lipinski definition) is 4. The molecule has 5 heteroatoms. The molecule has 0 N–H and O–H groups in total. The normalized spacial score (nSPS) is 26.3. The van der Waals surface area contributed by atoms with Crippen LogP contribution in [0.4, 0.5) is 0 Å². The van der Waals surface area contributed by atoms with Crippen LogP contribution in [0, 0.1) is 17.3 Å². The zero-order valence-electron chi connectivity index (χ0n) is 15.2. The van der Waals surface area contributed by atoms with Gasteiger partial charge in [-0.25, -0.2) is 0 Å². The van der Waals surface area contributed by atoms with Crippen molar-refractivity contribution < 1.29 is 9.53 Å². The SMILES string of the molecule is CN1C[C@H](COCC2CC2)C2(CCN(C(=O)c3ccncc3)CC2)C1. The number of carbonyl (C=O) groups is 1. The average molecular weight is 343 g/mol. The lowest BCUT2D eigenvalue weighted by atomic mass is 9.71. The van der Waals surface area contributed by atoms with Gasteiger partial charge in [0.1, 0.15) is 0 Å². The summed E-state index contributed by atoms with van der Waals surface area (Å²) in [7, 11) is 2.22. The van der Waals surface area contributed by atoms with E-state index in [9.17, 15) is 4.79 Å². The van der Waals surface area contributed by atoms with Gasteiger partial charge in [0.15, 0.2) is 0 Å². The highest BCUT2D eigenvalue weighted by Crippen LogP contribution is 2.44. The van der Waals surface area contributed by atoms with Crippen LogP contribution in [0.5, 0.6) is 0 Å². The molecule has 1 amide bonds. The van der Waals surface area contributed by atoms with E-state index in [0.29, 0.717) is 11.3 Å². The van der Waals surface area contributed by atoms with Crippen molar-refractivity contribution in [3.63, 3.8) is 0 Å². The molecular formula is C20H29N3O2. The predicted molar refractivity (Wildman–Crippen MR) is 96.3 cm³/mol. The summed E-state index contributed by atoms with van der Waals surface area (Å²) >= 11 is 0. The molecule has 3 aliphatic rings. The number of likely N-dealkylation sites (tertiary alicyclic amines) is 2. The number of hydrogen-bond donors (Lipinski definition) is 0. The fourth-order valence-electron chi connectivity index (χ4n) is 4.59. The van der Waals surface area contributed by atoms with Crippen molar-refractivity contribution in [1.29, 1.82) is 0 Å². The van der Waals surface area contributed by atoms with Crippen molar-refractivity contribution in [1.82, 2.24) is 14.8 Å². The van der Waals surface area contributed by atoms with Crippen LogP contribution >= 0.6 is 0 Å². The Morgan fingerprint density at radius 1 is 1.24 bits per heavy atom. The van der Waals surface area contributed by atoms with Gasteiger partial charge in [-0.15, -0.1) is 0 Å². The highest BCUT2D eigenvalue weighted by atomic mass is 16.5. The number of aromatic nitrogens is 1. The van der Waals surface area contributed by atoms with E-state index in [2.05, 4.69) is 16.9 Å². The Balaban J connectivity index is 1.35. The number of piperidine rings is 1. The van der Waals surface area contributed by atoms with Gasteiger partial charge >= 0.3 is 0 Å². The number of nitrogens with zero attached hydrogens (tertiary/aromatic N) is 3. The van der Waals surface area contributed by atoms with Crippen molar-refractivity contribution in [2.24, 2.45) is 17.3 Å². The van der Waals surface area contributed by atoms with Crippen LogP contribution < -0.4 is 0 Å². The zero-order valence-corrected chi connectivity index (χ0v) is 15.2. The molecule has 2 aliphatic heterocycles. The highest BCUT2D eigenvalue weighted by molar-refractivity contribution is 5.94. The quantitative estimate of drug-likeness (QED) is 0.823. The molecule has 1 aliphatic carbocycles. The summed E-state index contributed by atoms with van der Waals surface area (Å²) in [6.45, 7) is 5.81. The predicted octanol–water partition coefficient (Wildman–Crippen LogP) is 2.29. The Morgan fingerprint density at radius 2 is 1.96 bits per heavy atom. The van der Waals surface area contributed by atoms with Gasteiger partial charge in [-0.3, -0.25) is 9.78 Å². The molecular weight excluding hydrogens is 314 g/mol. The summed E-state index contributed by atoms with van der Waals surface area (Å²) in [5.74, 6) is 1.58. The van der Waals surface area contributed by atoms with E-state index in [1.54, 1.807) is 12.4 Å². The second-order valence-corrected chi connectivity index (χ2v) is 8.26. The number of ether oxygens (including phenoxy) is 1. The van der Waals surface area contributed by atoms with Crippen LogP contribution in [0.1, 0.15) is 36.0 Å². The first-order chi connectivity index (χ1) is 12.2. The third-order valence-corrected chi connectivity index (χ3v) is 6.33. The summed E-state index contributed by atoms with van der Waals surface area (Å²) in [6.07, 6.45) is 8.26. The van der Waals surface area contributed by atoms with Crippen LogP contribution in [0.3, 0.4) is 0 Å². The number of pyridine rings is 1. The van der Waals surface area contributed by atoms with E-state index in [4.69, 9.17) is 4.74 Å². The van der Waals surface area contributed by atoms with Gasteiger partial charge in [0.05, 0.1) is 6.61 Å². The van der Waals surface area contributed by atoms with Gasteiger partial charge in [0, 0.05) is 56.7 Å². The molecule has 1 spiro atoms. The van der Waals surface area contributed by atoms with E-state index in [1.807, 2.05) is 17.0 Å². The molecule has 3 fully saturated rings. The highest BCUT2D eigenvalue weighted by Gasteiger charge is 2.47. The molecule has 5 nitrogen and oxygen atoms in total. The molecule has 4 rings (SSSR count). The minimum atomic E-state index is 0.144. The smallest absolute Gasteiger partial charge is 0.253 e. The fourth-order valence-corrected chi connectivity index (χ4v) is 4.59. The Labute approximate surface area is 150 Å². The van der Waals surface area contributed by atoms with Crippen LogP contribution in [0.25, 0.3) is 0 Å². The average Bonchev–Trinajstić information content (AvgIpc) is 3.41. The van der Waals surface area contributed by atoms with Crippen molar-refractivity contribution in [3.8, 4) is 0 Å². The Bertz CT molecular complexity index is 594. The molecule has 0 aromatic carbocycles. The van der Waals surface area contributed by atoms with Crippen molar-refractivity contribution in [3.05, 3.63) is 30.1 Å². The van der Waals surface area contributed by atoms with Crippen LogP contribution in [0.2, 0.25) is 0 Å². The molecule has 0 bridgehead atoms. The van der Waals surface area contributed by atoms with Crippen molar-refractivity contribution in [2.75, 3.05) is 46.4 Å². The molecule has 2 saturated heterocycles. The fraction of sp³-hybridized carbons (Fsp3) is 0.700. The molecule has 1 aromatic rings. The van der Waals surface area contributed by atoms with Gasteiger partial charge in [0.25, 0.3) is 5.91 Å². The molecule has 1 atom stereocenters. The largest absolute Gasteiger partial charge is 0.381 e. The number of amides is 1. The zero-order chi connectivity index (χ0) is 17.3. The second kappa shape index (κ2) is 7.04. The third-order valence-electron chi connectivity index (χ3n) is 6.33. The third kappa shape index (κ3) is 3.72. The number of rotatable bonds is 5. The Morgan fingerprint density at radius 3 is 2.64 bits per heavy atom.